The first-order valence-electron chi connectivity index (χ1n) is 7.66. The number of rotatable bonds is 6. The predicted octanol–water partition coefficient (Wildman–Crippen LogP) is 2.08. The van der Waals surface area contributed by atoms with E-state index in [-0.39, 0.29) is 30.7 Å². The molecule has 2 rings (SSSR count). The van der Waals surface area contributed by atoms with Gasteiger partial charge in [-0.25, -0.2) is 4.99 Å². The summed E-state index contributed by atoms with van der Waals surface area (Å²) >= 11 is 0. The molecule has 0 saturated heterocycles. The van der Waals surface area contributed by atoms with Gasteiger partial charge in [-0.1, -0.05) is 12.8 Å². The summed E-state index contributed by atoms with van der Waals surface area (Å²) in [4.78, 5) is 4.55. The second kappa shape index (κ2) is 9.96. The summed E-state index contributed by atoms with van der Waals surface area (Å²) in [5, 5.41) is 14.7. The summed E-state index contributed by atoms with van der Waals surface area (Å²) in [5.41, 5.74) is 0. The Morgan fingerprint density at radius 3 is 2.68 bits per heavy atom. The maximum Gasteiger partial charge on any atom is 0.191 e. The first-order chi connectivity index (χ1) is 10.2. The minimum absolute atomic E-state index is 0. The van der Waals surface area contributed by atoms with Gasteiger partial charge in [-0.2, -0.15) is 0 Å². The van der Waals surface area contributed by atoms with E-state index < -0.39 is 0 Å². The number of guanidine groups is 1. The second-order valence-corrected chi connectivity index (χ2v) is 5.48. The molecule has 0 bridgehead atoms. The molecule has 0 radical (unpaired) electrons. The third kappa shape index (κ3) is 5.69. The highest BCUT2D eigenvalue weighted by molar-refractivity contribution is 14.0. The fourth-order valence-corrected chi connectivity index (χ4v) is 2.43. The molecular weight excluding hydrogens is 398 g/mol. The van der Waals surface area contributed by atoms with Gasteiger partial charge in [0.05, 0.1) is 6.67 Å². The van der Waals surface area contributed by atoms with Gasteiger partial charge in [-0.3, -0.25) is 4.39 Å². The van der Waals surface area contributed by atoms with E-state index >= 15 is 0 Å². The van der Waals surface area contributed by atoms with Crippen LogP contribution in [0.2, 0.25) is 0 Å². The van der Waals surface area contributed by atoms with Gasteiger partial charge in [-0.05, 0) is 26.2 Å². The van der Waals surface area contributed by atoms with Crippen molar-refractivity contribution in [3.63, 3.8) is 0 Å². The average Bonchev–Trinajstić information content (AvgIpc) is 3.09. The molecule has 6 nitrogen and oxygen atoms in total. The van der Waals surface area contributed by atoms with Gasteiger partial charge < -0.3 is 15.2 Å². The number of aryl methyl sites for hydroxylation is 1. The molecule has 1 aromatic heterocycles. The van der Waals surface area contributed by atoms with Gasteiger partial charge in [-0.15, -0.1) is 34.2 Å². The van der Waals surface area contributed by atoms with Crippen molar-refractivity contribution in [1.82, 2.24) is 25.4 Å². The standard InChI is InChI=1S/C14H25FN6.HI/c1-11-19-20-13(21(11)2)10-17-14(16-9-5-8-15)18-12-6-3-4-7-12;/h12H,3-10H2,1-2H3,(H2,16,17,18);1H. The molecule has 1 aromatic rings. The van der Waals surface area contributed by atoms with Crippen LogP contribution in [0.5, 0.6) is 0 Å². The van der Waals surface area contributed by atoms with Crippen LogP contribution in [-0.4, -0.2) is 40.0 Å². The summed E-state index contributed by atoms with van der Waals surface area (Å²) < 4.78 is 14.2. The average molecular weight is 424 g/mol. The fraction of sp³-hybridized carbons (Fsp3) is 0.786. The predicted molar refractivity (Wildman–Crippen MR) is 96.3 cm³/mol. The van der Waals surface area contributed by atoms with E-state index in [1.807, 2.05) is 18.5 Å². The van der Waals surface area contributed by atoms with Gasteiger partial charge in [0.2, 0.25) is 0 Å². The van der Waals surface area contributed by atoms with Crippen LogP contribution in [-0.2, 0) is 13.6 Å². The Morgan fingerprint density at radius 2 is 2.09 bits per heavy atom. The highest BCUT2D eigenvalue weighted by Crippen LogP contribution is 2.17. The summed E-state index contributed by atoms with van der Waals surface area (Å²) in [6.45, 7) is 2.66. The zero-order valence-electron chi connectivity index (χ0n) is 13.3. The maximum atomic E-state index is 12.2. The Balaban J connectivity index is 0.00000242. The normalized spacial score (nSPS) is 15.7. The van der Waals surface area contributed by atoms with E-state index in [2.05, 4.69) is 25.8 Å². The van der Waals surface area contributed by atoms with Gasteiger partial charge in [0.25, 0.3) is 0 Å². The van der Waals surface area contributed by atoms with Gasteiger partial charge in [0.1, 0.15) is 12.4 Å². The summed E-state index contributed by atoms with van der Waals surface area (Å²) in [6.07, 6.45) is 5.37. The second-order valence-electron chi connectivity index (χ2n) is 5.48. The van der Waals surface area contributed by atoms with Crippen LogP contribution in [0.25, 0.3) is 0 Å². The number of hydrogen-bond acceptors (Lipinski definition) is 3. The molecule has 0 aliphatic heterocycles. The maximum absolute atomic E-state index is 12.2. The van der Waals surface area contributed by atoms with Crippen LogP contribution >= 0.6 is 24.0 Å². The molecule has 1 aliphatic carbocycles. The lowest BCUT2D eigenvalue weighted by Crippen LogP contribution is -2.42. The zero-order chi connectivity index (χ0) is 15.1. The highest BCUT2D eigenvalue weighted by Gasteiger charge is 2.16. The smallest absolute Gasteiger partial charge is 0.191 e. The van der Waals surface area contributed by atoms with Crippen molar-refractivity contribution in [2.24, 2.45) is 12.0 Å². The van der Waals surface area contributed by atoms with Crippen LogP contribution in [0, 0.1) is 6.92 Å². The largest absolute Gasteiger partial charge is 0.356 e. The molecule has 1 aliphatic rings. The van der Waals surface area contributed by atoms with Crippen LogP contribution < -0.4 is 10.6 Å². The van der Waals surface area contributed by atoms with E-state index in [0.717, 1.165) is 17.6 Å². The Hall–Kier alpha value is -0.930. The molecule has 1 fully saturated rings. The lowest BCUT2D eigenvalue weighted by atomic mass is 10.2. The van der Waals surface area contributed by atoms with Gasteiger partial charge in [0, 0.05) is 19.6 Å². The van der Waals surface area contributed by atoms with Crippen molar-refractivity contribution in [3.8, 4) is 0 Å². The Morgan fingerprint density at radius 1 is 1.36 bits per heavy atom. The van der Waals surface area contributed by atoms with Crippen LogP contribution in [0.1, 0.15) is 43.8 Å². The molecule has 0 unspecified atom stereocenters. The molecule has 0 spiro atoms. The van der Waals surface area contributed by atoms with Crippen molar-refractivity contribution in [1.29, 1.82) is 0 Å². The van der Waals surface area contributed by atoms with Crippen molar-refractivity contribution in [2.45, 2.75) is 51.6 Å². The van der Waals surface area contributed by atoms with Crippen molar-refractivity contribution in [3.05, 3.63) is 11.6 Å². The molecule has 2 N–H and O–H groups in total. The molecule has 0 amide bonds. The topological polar surface area (TPSA) is 67.1 Å². The quantitative estimate of drug-likeness (QED) is 0.318. The highest BCUT2D eigenvalue weighted by atomic mass is 127. The number of nitrogens with zero attached hydrogens (tertiary/aromatic N) is 4. The monoisotopic (exact) mass is 424 g/mol. The van der Waals surface area contributed by atoms with Gasteiger partial charge >= 0.3 is 0 Å². The zero-order valence-corrected chi connectivity index (χ0v) is 15.6. The Labute approximate surface area is 148 Å². The van der Waals surface area contributed by atoms with E-state index in [0.29, 0.717) is 25.6 Å². The molecule has 0 aromatic carbocycles. The Kier molecular flexibility index (Phi) is 8.66. The van der Waals surface area contributed by atoms with Crippen molar-refractivity contribution in [2.75, 3.05) is 13.2 Å². The number of hydrogen-bond donors (Lipinski definition) is 2. The summed E-state index contributed by atoms with van der Waals surface area (Å²) in [7, 11) is 1.93. The first-order valence-corrected chi connectivity index (χ1v) is 7.66. The third-order valence-electron chi connectivity index (χ3n) is 3.86. The lowest BCUT2D eigenvalue weighted by molar-refractivity contribution is 0.469. The van der Waals surface area contributed by atoms with Crippen LogP contribution in [0.3, 0.4) is 0 Å². The van der Waals surface area contributed by atoms with E-state index in [1.165, 1.54) is 25.7 Å². The van der Waals surface area contributed by atoms with E-state index in [1.54, 1.807) is 0 Å². The summed E-state index contributed by atoms with van der Waals surface area (Å²) in [6, 6.07) is 0.475. The number of aliphatic imine (C=N–C) groups is 1. The minimum Gasteiger partial charge on any atom is -0.356 e. The number of halogens is 2. The SMILES string of the molecule is Cc1nnc(CN=C(NCCCF)NC2CCCC2)n1C.I. The molecule has 0 atom stereocenters. The third-order valence-corrected chi connectivity index (χ3v) is 3.86. The number of aromatic nitrogens is 3. The molecule has 1 saturated carbocycles. The number of alkyl halides is 1. The fourth-order valence-electron chi connectivity index (χ4n) is 2.43. The Bertz CT molecular complexity index is 470. The summed E-state index contributed by atoms with van der Waals surface area (Å²) in [5.74, 6) is 2.44. The van der Waals surface area contributed by atoms with E-state index in [9.17, 15) is 4.39 Å². The number of nitrogens with one attached hydrogen (secondary N) is 2. The molecular formula is C14H26FIN6. The van der Waals surface area contributed by atoms with Crippen molar-refractivity contribution < 1.29 is 4.39 Å². The molecule has 1 heterocycles. The minimum atomic E-state index is -0.313. The first kappa shape index (κ1) is 19.1. The van der Waals surface area contributed by atoms with Crippen LogP contribution in [0.15, 0.2) is 4.99 Å². The molecule has 22 heavy (non-hydrogen) atoms. The van der Waals surface area contributed by atoms with E-state index in [4.69, 9.17) is 0 Å². The van der Waals surface area contributed by atoms with Crippen LogP contribution in [0.4, 0.5) is 4.39 Å². The molecule has 8 heteroatoms. The lowest BCUT2D eigenvalue weighted by Gasteiger charge is -2.17. The van der Waals surface area contributed by atoms with Gasteiger partial charge in [0.15, 0.2) is 11.8 Å². The van der Waals surface area contributed by atoms with Crippen molar-refractivity contribution >= 4 is 29.9 Å². The molecule has 126 valence electrons.